The van der Waals surface area contributed by atoms with Gasteiger partial charge in [-0.1, -0.05) is 0 Å². The predicted molar refractivity (Wildman–Crippen MR) is 89.2 cm³/mol. The first-order valence-electron chi connectivity index (χ1n) is 7.54. The minimum atomic E-state index is -4.64. The van der Waals surface area contributed by atoms with E-state index in [-0.39, 0.29) is 34.7 Å². The highest BCUT2D eigenvalue weighted by Crippen LogP contribution is 2.35. The Morgan fingerprint density at radius 1 is 1.35 bits per heavy atom. The van der Waals surface area contributed by atoms with Crippen LogP contribution in [-0.2, 0) is 20.8 Å². The highest BCUT2D eigenvalue weighted by molar-refractivity contribution is 7.90. The topological polar surface area (TPSA) is 86.1 Å². The van der Waals surface area contributed by atoms with Crippen molar-refractivity contribution in [2.45, 2.75) is 31.0 Å². The van der Waals surface area contributed by atoms with Crippen LogP contribution in [0.2, 0.25) is 0 Å². The van der Waals surface area contributed by atoms with E-state index in [2.05, 4.69) is 15.4 Å². The van der Waals surface area contributed by atoms with E-state index in [4.69, 9.17) is 4.74 Å². The Balaban J connectivity index is 2.55. The lowest BCUT2D eigenvalue weighted by atomic mass is 10.2. The Morgan fingerprint density at radius 3 is 2.46 bits per heavy atom. The standard InChI is InChI=1S/C15H19F3N4O3S/c1-9(8-25-3)20-14-10(2)13(15(16,17)18)21-22(14)12-6-5-11(7-19-12)26(4,23)24/h5-7,9,20H,8H2,1-4H3. The maximum atomic E-state index is 13.2. The second-order valence-electron chi connectivity index (χ2n) is 5.86. The number of hydrogen-bond acceptors (Lipinski definition) is 6. The molecule has 2 rings (SSSR count). The minimum Gasteiger partial charge on any atom is -0.383 e. The van der Waals surface area contributed by atoms with E-state index in [1.165, 1.54) is 26.2 Å². The molecule has 0 saturated heterocycles. The van der Waals surface area contributed by atoms with Crippen molar-refractivity contribution in [1.82, 2.24) is 14.8 Å². The van der Waals surface area contributed by atoms with Crippen LogP contribution in [0.15, 0.2) is 23.2 Å². The Morgan fingerprint density at radius 2 is 2.00 bits per heavy atom. The number of halogens is 3. The second kappa shape index (κ2) is 7.23. The number of alkyl halides is 3. The third-order valence-electron chi connectivity index (χ3n) is 3.56. The summed E-state index contributed by atoms with van der Waals surface area (Å²) in [6.07, 6.45) is -2.54. The summed E-state index contributed by atoms with van der Waals surface area (Å²) in [5.41, 5.74) is -1.13. The number of ether oxygens (including phenoxy) is 1. The summed E-state index contributed by atoms with van der Waals surface area (Å²) in [6, 6.07) is 2.28. The molecule has 0 amide bonds. The Labute approximate surface area is 149 Å². The lowest BCUT2D eigenvalue weighted by molar-refractivity contribution is -0.141. The number of nitrogens with zero attached hydrogens (tertiary/aromatic N) is 3. The molecule has 1 unspecified atom stereocenters. The largest absolute Gasteiger partial charge is 0.435 e. The predicted octanol–water partition coefficient (Wildman–Crippen LogP) is 2.44. The van der Waals surface area contributed by atoms with Gasteiger partial charge in [0.15, 0.2) is 21.3 Å². The number of nitrogens with one attached hydrogen (secondary N) is 1. The van der Waals surface area contributed by atoms with Gasteiger partial charge in [0.1, 0.15) is 5.82 Å². The van der Waals surface area contributed by atoms with E-state index in [1.807, 2.05) is 0 Å². The Hall–Kier alpha value is -2.14. The van der Waals surface area contributed by atoms with Gasteiger partial charge in [0.2, 0.25) is 0 Å². The Bertz CT molecular complexity index is 877. The molecule has 1 N–H and O–H groups in total. The van der Waals surface area contributed by atoms with Gasteiger partial charge >= 0.3 is 6.18 Å². The number of aromatic nitrogens is 3. The number of anilines is 1. The summed E-state index contributed by atoms with van der Waals surface area (Å²) in [5.74, 6) is 0.171. The number of sulfone groups is 1. The van der Waals surface area contributed by atoms with Crippen LogP contribution in [0.4, 0.5) is 19.0 Å². The van der Waals surface area contributed by atoms with Crippen molar-refractivity contribution in [3.8, 4) is 5.82 Å². The zero-order chi connectivity index (χ0) is 19.7. The van der Waals surface area contributed by atoms with Crippen molar-refractivity contribution < 1.29 is 26.3 Å². The third kappa shape index (κ3) is 4.33. The highest BCUT2D eigenvalue weighted by Gasteiger charge is 2.38. The average molecular weight is 392 g/mol. The van der Waals surface area contributed by atoms with Crippen LogP contribution in [0.1, 0.15) is 18.2 Å². The molecule has 2 aromatic rings. The number of rotatable bonds is 6. The van der Waals surface area contributed by atoms with Gasteiger partial charge in [-0.05, 0) is 26.0 Å². The van der Waals surface area contributed by atoms with E-state index in [9.17, 15) is 21.6 Å². The first-order valence-corrected chi connectivity index (χ1v) is 9.43. The van der Waals surface area contributed by atoms with Crippen molar-refractivity contribution in [2.24, 2.45) is 0 Å². The second-order valence-corrected chi connectivity index (χ2v) is 7.87. The highest BCUT2D eigenvalue weighted by atomic mass is 32.2. The summed E-state index contributed by atoms with van der Waals surface area (Å²) in [5, 5.41) is 6.57. The quantitative estimate of drug-likeness (QED) is 0.813. The van der Waals surface area contributed by atoms with E-state index in [1.54, 1.807) is 6.92 Å². The van der Waals surface area contributed by atoms with Crippen LogP contribution in [0.25, 0.3) is 5.82 Å². The van der Waals surface area contributed by atoms with Crippen LogP contribution in [0, 0.1) is 6.92 Å². The van der Waals surface area contributed by atoms with Crippen LogP contribution in [-0.4, -0.2) is 49.2 Å². The summed E-state index contributed by atoms with van der Waals surface area (Å²) in [7, 11) is -1.99. The normalized spacial score (nSPS) is 13.7. The number of hydrogen-bond donors (Lipinski definition) is 1. The zero-order valence-electron chi connectivity index (χ0n) is 14.6. The van der Waals surface area contributed by atoms with Crippen molar-refractivity contribution in [3.05, 3.63) is 29.6 Å². The van der Waals surface area contributed by atoms with Gasteiger partial charge < -0.3 is 10.1 Å². The monoisotopic (exact) mass is 392 g/mol. The maximum absolute atomic E-state index is 13.2. The van der Waals surface area contributed by atoms with E-state index < -0.39 is 21.7 Å². The van der Waals surface area contributed by atoms with Crippen molar-refractivity contribution in [3.63, 3.8) is 0 Å². The van der Waals surface area contributed by atoms with Gasteiger partial charge in [0, 0.05) is 31.2 Å². The van der Waals surface area contributed by atoms with Crippen LogP contribution in [0.3, 0.4) is 0 Å². The van der Waals surface area contributed by atoms with Crippen LogP contribution >= 0.6 is 0 Å². The molecule has 11 heteroatoms. The smallest absolute Gasteiger partial charge is 0.383 e. The molecule has 2 heterocycles. The molecule has 0 saturated carbocycles. The van der Waals surface area contributed by atoms with Gasteiger partial charge in [-0.2, -0.15) is 23.0 Å². The van der Waals surface area contributed by atoms with Gasteiger partial charge in [-0.3, -0.25) is 0 Å². The third-order valence-corrected chi connectivity index (χ3v) is 4.65. The van der Waals surface area contributed by atoms with Gasteiger partial charge in [-0.25, -0.2) is 13.4 Å². The van der Waals surface area contributed by atoms with Crippen molar-refractivity contribution in [2.75, 3.05) is 25.3 Å². The first kappa shape index (κ1) is 20.2. The summed E-state index contributed by atoms with van der Waals surface area (Å²) >= 11 is 0. The average Bonchev–Trinajstić information content (AvgIpc) is 2.84. The molecule has 0 aliphatic heterocycles. The van der Waals surface area contributed by atoms with Gasteiger partial charge in [0.25, 0.3) is 0 Å². The van der Waals surface area contributed by atoms with E-state index in [0.29, 0.717) is 0 Å². The molecule has 0 bridgehead atoms. The molecule has 0 aliphatic rings. The van der Waals surface area contributed by atoms with Crippen LogP contribution in [0.5, 0.6) is 0 Å². The summed E-state index contributed by atoms with van der Waals surface area (Å²) < 4.78 is 68.7. The summed E-state index contributed by atoms with van der Waals surface area (Å²) in [6.45, 7) is 3.32. The molecule has 0 spiro atoms. The molecule has 1 atom stereocenters. The molecule has 0 fully saturated rings. The van der Waals surface area contributed by atoms with Gasteiger partial charge in [0.05, 0.1) is 11.5 Å². The molecule has 144 valence electrons. The minimum absolute atomic E-state index is 0.0385. The SMILES string of the molecule is COCC(C)Nc1c(C)c(C(F)(F)F)nn1-c1ccc(S(C)(=O)=O)cn1. The van der Waals surface area contributed by atoms with Gasteiger partial charge in [-0.15, -0.1) is 0 Å². The lowest BCUT2D eigenvalue weighted by Crippen LogP contribution is -2.23. The van der Waals surface area contributed by atoms with Crippen LogP contribution < -0.4 is 5.32 Å². The molecular formula is C15H19F3N4O3S. The number of pyridine rings is 1. The van der Waals surface area contributed by atoms with Crippen molar-refractivity contribution >= 4 is 15.7 Å². The summed E-state index contributed by atoms with van der Waals surface area (Å²) in [4.78, 5) is 3.91. The maximum Gasteiger partial charge on any atom is 0.435 e. The zero-order valence-corrected chi connectivity index (χ0v) is 15.4. The van der Waals surface area contributed by atoms with E-state index >= 15 is 0 Å². The van der Waals surface area contributed by atoms with Crippen molar-refractivity contribution in [1.29, 1.82) is 0 Å². The van der Waals surface area contributed by atoms with E-state index in [0.717, 1.165) is 17.1 Å². The fraction of sp³-hybridized carbons (Fsp3) is 0.467. The molecule has 0 radical (unpaired) electrons. The Kier molecular flexibility index (Phi) is 5.61. The fourth-order valence-electron chi connectivity index (χ4n) is 2.34. The lowest BCUT2D eigenvalue weighted by Gasteiger charge is -2.16. The molecular weight excluding hydrogens is 373 g/mol. The molecule has 0 aromatic carbocycles. The number of methoxy groups -OCH3 is 1. The molecule has 2 aromatic heterocycles. The fourth-order valence-corrected chi connectivity index (χ4v) is 2.90. The molecule has 26 heavy (non-hydrogen) atoms. The molecule has 7 nitrogen and oxygen atoms in total. The first-order chi connectivity index (χ1) is 11.9. The molecule has 0 aliphatic carbocycles.